The fraction of sp³-hybridized carbons (Fsp3) is 0.727. The third-order valence-electron chi connectivity index (χ3n) is 3.63. The first-order valence-electron chi connectivity index (χ1n) is 6.08. The predicted octanol–water partition coefficient (Wildman–Crippen LogP) is 0.0863. The second kappa shape index (κ2) is 4.64. The standard InChI is InChI=1S/C11H20N4O2S/c1-8-6-15(5-4-10(8)12)18(16,17)11-7-14(3)9(2)13-11/h7-8,10H,4-6,12H2,1-3H3. The van der Waals surface area contributed by atoms with Gasteiger partial charge in [0, 0.05) is 32.4 Å². The van der Waals surface area contributed by atoms with Crippen LogP contribution in [-0.4, -0.2) is 41.4 Å². The van der Waals surface area contributed by atoms with Crippen LogP contribution in [0.1, 0.15) is 19.2 Å². The Bertz CT molecular complexity index is 518. The molecule has 0 aliphatic carbocycles. The number of aromatic nitrogens is 2. The van der Waals surface area contributed by atoms with E-state index in [1.807, 2.05) is 6.92 Å². The predicted molar refractivity (Wildman–Crippen MR) is 68.5 cm³/mol. The van der Waals surface area contributed by atoms with Gasteiger partial charge in [0.15, 0.2) is 5.03 Å². The minimum atomic E-state index is -3.47. The lowest BCUT2D eigenvalue weighted by atomic mass is 9.96. The molecular formula is C11H20N4O2S. The van der Waals surface area contributed by atoms with Crippen LogP contribution in [-0.2, 0) is 17.1 Å². The summed E-state index contributed by atoms with van der Waals surface area (Å²) in [7, 11) is -1.69. The second-order valence-electron chi connectivity index (χ2n) is 5.03. The average molecular weight is 272 g/mol. The Morgan fingerprint density at radius 3 is 2.67 bits per heavy atom. The van der Waals surface area contributed by atoms with Gasteiger partial charge in [-0.05, 0) is 19.3 Å². The van der Waals surface area contributed by atoms with Crippen LogP contribution >= 0.6 is 0 Å². The topological polar surface area (TPSA) is 81.2 Å². The fourth-order valence-corrected chi connectivity index (χ4v) is 3.71. The van der Waals surface area contributed by atoms with Crippen molar-refractivity contribution >= 4 is 10.0 Å². The molecule has 6 nitrogen and oxygen atoms in total. The lowest BCUT2D eigenvalue weighted by molar-refractivity contribution is 0.249. The normalized spacial score (nSPS) is 26.4. The molecule has 102 valence electrons. The molecule has 0 saturated carbocycles. The van der Waals surface area contributed by atoms with Crippen molar-refractivity contribution in [1.82, 2.24) is 13.9 Å². The molecule has 0 spiro atoms. The zero-order valence-electron chi connectivity index (χ0n) is 11.0. The summed E-state index contributed by atoms with van der Waals surface area (Å²) < 4.78 is 28.0. The van der Waals surface area contributed by atoms with Crippen LogP contribution in [0.2, 0.25) is 0 Å². The maximum Gasteiger partial charge on any atom is 0.262 e. The monoisotopic (exact) mass is 272 g/mol. The van der Waals surface area contributed by atoms with Crippen molar-refractivity contribution in [2.45, 2.75) is 31.3 Å². The second-order valence-corrected chi connectivity index (χ2v) is 6.91. The summed E-state index contributed by atoms with van der Waals surface area (Å²) in [6.45, 7) is 4.71. The number of nitrogens with two attached hydrogens (primary N) is 1. The van der Waals surface area contributed by atoms with Gasteiger partial charge >= 0.3 is 0 Å². The maximum absolute atomic E-state index is 12.4. The van der Waals surface area contributed by atoms with Crippen LogP contribution in [0, 0.1) is 12.8 Å². The third kappa shape index (κ3) is 2.30. The van der Waals surface area contributed by atoms with E-state index in [0.29, 0.717) is 25.3 Å². The highest BCUT2D eigenvalue weighted by Crippen LogP contribution is 2.22. The van der Waals surface area contributed by atoms with Crippen molar-refractivity contribution in [3.8, 4) is 0 Å². The number of rotatable bonds is 2. The molecule has 2 atom stereocenters. The molecule has 0 aromatic carbocycles. The van der Waals surface area contributed by atoms with Gasteiger partial charge in [-0.15, -0.1) is 0 Å². The molecular weight excluding hydrogens is 252 g/mol. The highest BCUT2D eigenvalue weighted by molar-refractivity contribution is 7.89. The molecule has 1 fully saturated rings. The molecule has 1 aliphatic heterocycles. The minimum Gasteiger partial charge on any atom is -0.337 e. The molecule has 2 N–H and O–H groups in total. The van der Waals surface area contributed by atoms with Crippen LogP contribution in [0.4, 0.5) is 0 Å². The Labute approximate surface area is 108 Å². The first kappa shape index (κ1) is 13.5. The summed E-state index contributed by atoms with van der Waals surface area (Å²) in [5, 5.41) is 0.130. The van der Waals surface area contributed by atoms with Gasteiger partial charge in [-0.2, -0.15) is 4.31 Å². The summed E-state index contributed by atoms with van der Waals surface area (Å²) in [6.07, 6.45) is 2.26. The smallest absolute Gasteiger partial charge is 0.262 e. The van der Waals surface area contributed by atoms with E-state index in [9.17, 15) is 8.42 Å². The first-order chi connectivity index (χ1) is 8.32. The molecule has 2 heterocycles. The molecule has 0 radical (unpaired) electrons. The van der Waals surface area contributed by atoms with Gasteiger partial charge in [0.05, 0.1) is 0 Å². The maximum atomic E-state index is 12.4. The van der Waals surface area contributed by atoms with Crippen molar-refractivity contribution in [2.75, 3.05) is 13.1 Å². The molecule has 0 amide bonds. The molecule has 1 aromatic heterocycles. The fourth-order valence-electron chi connectivity index (χ4n) is 2.13. The lowest BCUT2D eigenvalue weighted by Gasteiger charge is -2.33. The summed E-state index contributed by atoms with van der Waals surface area (Å²) in [5.41, 5.74) is 5.91. The van der Waals surface area contributed by atoms with Crippen molar-refractivity contribution in [3.05, 3.63) is 12.0 Å². The van der Waals surface area contributed by atoms with E-state index in [0.717, 1.165) is 0 Å². The number of hydrogen-bond donors (Lipinski definition) is 1. The molecule has 18 heavy (non-hydrogen) atoms. The molecule has 2 rings (SSSR count). The van der Waals surface area contributed by atoms with E-state index in [1.54, 1.807) is 24.7 Å². The number of imidazole rings is 1. The molecule has 2 unspecified atom stereocenters. The Morgan fingerprint density at radius 2 is 2.17 bits per heavy atom. The summed E-state index contributed by atoms with van der Waals surface area (Å²) >= 11 is 0. The third-order valence-corrected chi connectivity index (χ3v) is 5.36. The van der Waals surface area contributed by atoms with E-state index in [2.05, 4.69) is 4.98 Å². The number of piperidine rings is 1. The molecule has 1 saturated heterocycles. The van der Waals surface area contributed by atoms with Gasteiger partial charge in [-0.25, -0.2) is 13.4 Å². The van der Waals surface area contributed by atoms with E-state index >= 15 is 0 Å². The van der Waals surface area contributed by atoms with Crippen molar-refractivity contribution in [2.24, 2.45) is 18.7 Å². The van der Waals surface area contributed by atoms with Gasteiger partial charge in [0.25, 0.3) is 10.0 Å². The van der Waals surface area contributed by atoms with Crippen molar-refractivity contribution in [3.63, 3.8) is 0 Å². The van der Waals surface area contributed by atoms with E-state index < -0.39 is 10.0 Å². The summed E-state index contributed by atoms with van der Waals surface area (Å²) in [6, 6.07) is 0.0851. The highest BCUT2D eigenvalue weighted by atomic mass is 32.2. The van der Waals surface area contributed by atoms with Crippen LogP contribution < -0.4 is 5.73 Å². The first-order valence-corrected chi connectivity index (χ1v) is 7.52. The number of sulfonamides is 1. The molecule has 7 heteroatoms. The number of hydrogen-bond acceptors (Lipinski definition) is 4. The Hall–Kier alpha value is -0.920. The molecule has 0 bridgehead atoms. The van der Waals surface area contributed by atoms with Crippen LogP contribution in [0.15, 0.2) is 11.2 Å². The molecule has 1 aromatic rings. The SMILES string of the molecule is Cc1nc(S(=O)(=O)N2CCC(N)C(C)C2)cn1C. The van der Waals surface area contributed by atoms with Crippen LogP contribution in [0.5, 0.6) is 0 Å². The zero-order valence-corrected chi connectivity index (χ0v) is 11.8. The number of aryl methyl sites for hydroxylation is 2. The summed E-state index contributed by atoms with van der Waals surface area (Å²) in [5.74, 6) is 0.869. The quantitative estimate of drug-likeness (QED) is 0.827. The zero-order chi connectivity index (χ0) is 13.5. The van der Waals surface area contributed by atoms with Crippen LogP contribution in [0.25, 0.3) is 0 Å². The Balaban J connectivity index is 2.26. The van der Waals surface area contributed by atoms with E-state index in [4.69, 9.17) is 5.73 Å². The van der Waals surface area contributed by atoms with Crippen molar-refractivity contribution < 1.29 is 8.42 Å². The average Bonchev–Trinajstić information content (AvgIpc) is 2.64. The van der Waals surface area contributed by atoms with Gasteiger partial charge in [-0.1, -0.05) is 6.92 Å². The largest absolute Gasteiger partial charge is 0.337 e. The van der Waals surface area contributed by atoms with Crippen molar-refractivity contribution in [1.29, 1.82) is 0 Å². The van der Waals surface area contributed by atoms with Gasteiger partial charge in [-0.3, -0.25) is 0 Å². The van der Waals surface area contributed by atoms with Gasteiger partial charge < -0.3 is 10.3 Å². The minimum absolute atomic E-state index is 0.0851. The van der Waals surface area contributed by atoms with E-state index in [-0.39, 0.29) is 17.0 Å². The van der Waals surface area contributed by atoms with Gasteiger partial charge in [0.2, 0.25) is 0 Å². The highest BCUT2D eigenvalue weighted by Gasteiger charge is 2.33. The van der Waals surface area contributed by atoms with Crippen LogP contribution in [0.3, 0.4) is 0 Å². The van der Waals surface area contributed by atoms with Gasteiger partial charge in [0.1, 0.15) is 5.82 Å². The number of nitrogens with zero attached hydrogens (tertiary/aromatic N) is 3. The molecule has 1 aliphatic rings. The Morgan fingerprint density at radius 1 is 1.50 bits per heavy atom. The van der Waals surface area contributed by atoms with E-state index in [1.165, 1.54) is 4.31 Å². The Kier molecular flexibility index (Phi) is 3.48. The summed E-state index contributed by atoms with van der Waals surface area (Å²) in [4.78, 5) is 4.10. The lowest BCUT2D eigenvalue weighted by Crippen LogP contribution is -2.48.